The SMILES string of the molecule is CCCCCCCCCCCCCCCC(=O)OCC(COC(=O)CCCCCCCCCCCCCCC)OC(=O)CCCOC(=O)CC(C)CC(=O)O[C@@H](C)[N+]1(C)CCC=C(c2nsnc2COCCCCC)C1. The molecule has 2 unspecified atom stereocenters. The van der Waals surface area contributed by atoms with E-state index in [9.17, 15) is 24.0 Å². The predicted octanol–water partition coefficient (Wildman–Crippen LogP) is 15.1. The van der Waals surface area contributed by atoms with E-state index in [0.29, 0.717) is 24.2 Å². The zero-order chi connectivity index (χ0) is 55.3. The maximum atomic E-state index is 13.1. The van der Waals surface area contributed by atoms with Crippen LogP contribution in [0.4, 0.5) is 0 Å². The molecule has 1 aromatic heterocycles. The van der Waals surface area contributed by atoms with E-state index < -0.39 is 24.3 Å². The molecule has 1 aromatic rings. The van der Waals surface area contributed by atoms with Crippen LogP contribution in [0.25, 0.3) is 5.57 Å². The Bertz CT molecular complexity index is 1660. The minimum atomic E-state index is -0.948. The summed E-state index contributed by atoms with van der Waals surface area (Å²) < 4.78 is 43.6. The molecule has 0 saturated heterocycles. The first-order valence-corrected chi connectivity index (χ1v) is 31.4. The number of esters is 5. The molecule has 0 aromatic carbocycles. The third kappa shape index (κ3) is 35.2. The second-order valence-corrected chi connectivity index (χ2v) is 22.6. The van der Waals surface area contributed by atoms with E-state index in [-0.39, 0.29) is 82.2 Å². The van der Waals surface area contributed by atoms with E-state index in [0.717, 1.165) is 87.7 Å². The van der Waals surface area contributed by atoms with Crippen LogP contribution in [0, 0.1) is 5.92 Å². The summed E-state index contributed by atoms with van der Waals surface area (Å²) in [4.78, 5) is 64.3. The van der Waals surface area contributed by atoms with Crippen molar-refractivity contribution in [1.29, 1.82) is 0 Å². The van der Waals surface area contributed by atoms with Gasteiger partial charge in [0.1, 0.15) is 31.1 Å². The second-order valence-electron chi connectivity index (χ2n) is 22.1. The van der Waals surface area contributed by atoms with Gasteiger partial charge < -0.3 is 28.4 Å². The normalized spacial score (nSPS) is 15.3. The molecule has 2 rings (SSSR count). The Labute approximate surface area is 465 Å². The van der Waals surface area contributed by atoms with Gasteiger partial charge in [0.15, 0.2) is 6.10 Å². The summed E-state index contributed by atoms with van der Waals surface area (Å²) in [7, 11) is 2.08. The van der Waals surface area contributed by atoms with E-state index >= 15 is 0 Å². The molecule has 15 heteroatoms. The molecule has 0 spiro atoms. The Morgan fingerprint density at radius 3 is 1.50 bits per heavy atom. The molecule has 0 bridgehead atoms. The monoisotopic (exact) mass is 1090 g/mol. The number of ether oxygens (including phenoxy) is 6. The Hall–Kier alpha value is -3.43. The van der Waals surface area contributed by atoms with Gasteiger partial charge in [0, 0.05) is 57.6 Å². The molecule has 0 radical (unpaired) electrons. The Morgan fingerprint density at radius 1 is 0.526 bits per heavy atom. The highest BCUT2D eigenvalue weighted by molar-refractivity contribution is 6.99. The summed E-state index contributed by atoms with van der Waals surface area (Å²) in [6, 6.07) is 0. The molecular weight excluding hydrogens is 983 g/mol. The smallest absolute Gasteiger partial charge is 0.310 e. The quantitative estimate of drug-likeness (QED) is 0.0262. The maximum absolute atomic E-state index is 13.1. The zero-order valence-corrected chi connectivity index (χ0v) is 49.8. The lowest BCUT2D eigenvalue weighted by atomic mass is 10.0. The Kier molecular flexibility index (Phi) is 41.1. The number of rotatable bonds is 50. The molecule has 0 aliphatic carbocycles. The maximum Gasteiger partial charge on any atom is 0.310 e. The van der Waals surface area contributed by atoms with Gasteiger partial charge >= 0.3 is 29.8 Å². The van der Waals surface area contributed by atoms with Crippen molar-refractivity contribution >= 4 is 47.1 Å². The number of hydrogen-bond acceptors (Lipinski definition) is 14. The van der Waals surface area contributed by atoms with Crippen LogP contribution in [0.5, 0.6) is 0 Å². The van der Waals surface area contributed by atoms with Gasteiger partial charge in [-0.25, -0.2) is 0 Å². The lowest BCUT2D eigenvalue weighted by molar-refractivity contribution is -0.944. The molecule has 14 nitrogen and oxygen atoms in total. The lowest BCUT2D eigenvalue weighted by Crippen LogP contribution is -2.55. The highest BCUT2D eigenvalue weighted by Gasteiger charge is 2.37. The average Bonchev–Trinajstić information content (AvgIpc) is 3.87. The van der Waals surface area contributed by atoms with Crippen molar-refractivity contribution in [3.05, 3.63) is 17.5 Å². The van der Waals surface area contributed by atoms with Gasteiger partial charge in [-0.2, -0.15) is 8.75 Å². The summed E-state index contributed by atoms with van der Waals surface area (Å²) in [5.74, 6) is -2.48. The van der Waals surface area contributed by atoms with Crippen LogP contribution in [0.1, 0.15) is 277 Å². The molecule has 1 aliphatic heterocycles. The van der Waals surface area contributed by atoms with Crippen LogP contribution in [0.2, 0.25) is 0 Å². The molecule has 2 heterocycles. The van der Waals surface area contributed by atoms with Crippen LogP contribution in [-0.2, 0) is 59.0 Å². The first-order valence-electron chi connectivity index (χ1n) is 30.7. The molecule has 76 heavy (non-hydrogen) atoms. The van der Waals surface area contributed by atoms with E-state index in [2.05, 4.69) is 42.6 Å². The molecule has 0 N–H and O–H groups in total. The van der Waals surface area contributed by atoms with Crippen LogP contribution in [-0.4, -0.2) is 102 Å². The fourth-order valence-corrected chi connectivity index (χ4v) is 10.2. The summed E-state index contributed by atoms with van der Waals surface area (Å²) >= 11 is 1.19. The van der Waals surface area contributed by atoms with Crippen molar-refractivity contribution in [2.24, 2.45) is 5.92 Å². The van der Waals surface area contributed by atoms with Crippen LogP contribution < -0.4 is 0 Å². The molecule has 438 valence electrons. The number of nitrogens with zero attached hydrogens (tertiary/aromatic N) is 3. The molecule has 1 aliphatic rings. The van der Waals surface area contributed by atoms with E-state index in [1.54, 1.807) is 0 Å². The summed E-state index contributed by atoms with van der Waals surface area (Å²) in [6.07, 6.45) is 37.3. The lowest BCUT2D eigenvalue weighted by Gasteiger charge is -2.41. The van der Waals surface area contributed by atoms with Gasteiger partial charge in [-0.05, 0) is 31.6 Å². The number of carbonyl (C=O) groups is 5. The summed E-state index contributed by atoms with van der Waals surface area (Å²) in [5, 5.41) is 0. The van der Waals surface area contributed by atoms with Crippen molar-refractivity contribution in [1.82, 2.24) is 8.75 Å². The van der Waals surface area contributed by atoms with Crippen molar-refractivity contribution in [2.45, 2.75) is 285 Å². The standard InChI is InChI=1S/C61H108N3O11S/c1-7-10-13-15-17-19-21-23-25-27-29-31-33-39-56(65)72-48-54(49-73-57(66)40-34-32-30-28-26-24-22-20-18-16-14-11-8-2)75-58(67)41-37-44-71-59(68)45-51(4)46-60(69)74-52(5)64(6)42-36-38-53(47-64)61-55(62-76-63-61)50-70-43-35-12-9-3/h38,51-52,54H,7-37,39-50H2,1-6H3/q+1/t51?,52-,64?/m0/s1. The van der Waals surface area contributed by atoms with Crippen molar-refractivity contribution in [3.8, 4) is 0 Å². The van der Waals surface area contributed by atoms with Gasteiger partial charge in [0.2, 0.25) is 6.23 Å². The van der Waals surface area contributed by atoms with Gasteiger partial charge in [-0.1, -0.05) is 201 Å². The van der Waals surface area contributed by atoms with Crippen molar-refractivity contribution < 1.29 is 56.9 Å². The van der Waals surface area contributed by atoms with Crippen LogP contribution >= 0.6 is 11.7 Å². The molecule has 3 atom stereocenters. The molecule has 0 fully saturated rings. The highest BCUT2D eigenvalue weighted by atomic mass is 32.1. The number of likely N-dealkylation sites (N-methyl/N-ethyl adjacent to an activating group) is 1. The number of unbranched alkanes of at least 4 members (excludes halogenated alkanes) is 26. The topological polar surface area (TPSA) is 167 Å². The predicted molar refractivity (Wildman–Crippen MR) is 304 cm³/mol. The third-order valence-electron chi connectivity index (χ3n) is 14.7. The second kappa shape index (κ2) is 45.4. The van der Waals surface area contributed by atoms with E-state index in [1.807, 2.05) is 13.8 Å². The number of aromatic nitrogens is 2. The summed E-state index contributed by atoms with van der Waals surface area (Å²) in [6.45, 7) is 12.5. The molecule has 0 saturated carbocycles. The van der Waals surface area contributed by atoms with Crippen LogP contribution in [0.15, 0.2) is 6.08 Å². The minimum Gasteiger partial charge on any atom is -0.466 e. The molecule has 0 amide bonds. The number of quaternary nitrogens is 1. The van der Waals surface area contributed by atoms with E-state index in [1.165, 1.54) is 140 Å². The Balaban J connectivity index is 1.73. The Morgan fingerprint density at radius 2 is 0.987 bits per heavy atom. The van der Waals surface area contributed by atoms with Gasteiger partial charge in [-0.15, -0.1) is 0 Å². The van der Waals surface area contributed by atoms with Gasteiger partial charge in [0.25, 0.3) is 0 Å². The first kappa shape index (κ1) is 68.7. The highest BCUT2D eigenvalue weighted by Crippen LogP contribution is 2.29. The zero-order valence-electron chi connectivity index (χ0n) is 49.0. The molecular formula is C61H108N3O11S+. The largest absolute Gasteiger partial charge is 0.466 e. The fourth-order valence-electron chi connectivity index (χ4n) is 9.64. The number of hydrogen-bond donors (Lipinski definition) is 0. The van der Waals surface area contributed by atoms with E-state index in [4.69, 9.17) is 28.4 Å². The van der Waals surface area contributed by atoms with Crippen molar-refractivity contribution in [3.63, 3.8) is 0 Å². The summed E-state index contributed by atoms with van der Waals surface area (Å²) in [5.41, 5.74) is 2.78. The average molecular weight is 1090 g/mol. The first-order chi connectivity index (χ1) is 36.9. The van der Waals surface area contributed by atoms with Gasteiger partial charge in [-0.3, -0.25) is 28.5 Å². The minimum absolute atomic E-state index is 0.0120. The third-order valence-corrected chi connectivity index (χ3v) is 15.2. The number of carbonyl (C=O) groups excluding carboxylic acids is 5. The van der Waals surface area contributed by atoms with Crippen LogP contribution in [0.3, 0.4) is 0 Å². The fraction of sp³-hybridized carbons (Fsp3) is 0.852. The van der Waals surface area contributed by atoms with Crippen molar-refractivity contribution in [2.75, 3.05) is 46.6 Å². The van der Waals surface area contributed by atoms with Gasteiger partial charge in [0.05, 0.1) is 38.5 Å².